The van der Waals surface area contributed by atoms with Crippen LogP contribution in [0.2, 0.25) is 0 Å². The summed E-state index contributed by atoms with van der Waals surface area (Å²) < 4.78 is 0. The van der Waals surface area contributed by atoms with E-state index in [1.807, 2.05) is 48.8 Å². The lowest BCUT2D eigenvalue weighted by Crippen LogP contribution is -2.24. The first kappa shape index (κ1) is 29.2. The van der Waals surface area contributed by atoms with Crippen molar-refractivity contribution in [2.45, 2.75) is 66.2 Å². The lowest BCUT2D eigenvalue weighted by molar-refractivity contribution is 0.102. The second-order valence-electron chi connectivity index (χ2n) is 10.3. The van der Waals surface area contributed by atoms with Crippen LogP contribution in [0.25, 0.3) is 0 Å². The number of nitrogens with one attached hydrogen (secondary N) is 2. The van der Waals surface area contributed by atoms with Crippen molar-refractivity contribution in [1.29, 1.82) is 0 Å². The molecule has 0 saturated carbocycles. The van der Waals surface area contributed by atoms with E-state index in [0.717, 1.165) is 61.7 Å². The quantitative estimate of drug-likeness (QED) is 0.182. The summed E-state index contributed by atoms with van der Waals surface area (Å²) in [6, 6.07) is 20.3. The lowest BCUT2D eigenvalue weighted by atomic mass is 10.1. The van der Waals surface area contributed by atoms with Crippen molar-refractivity contribution in [3.8, 4) is 0 Å². The molecule has 40 heavy (non-hydrogen) atoms. The molecule has 0 spiro atoms. The third-order valence-corrected chi connectivity index (χ3v) is 6.93. The Labute approximate surface area is 238 Å². The number of anilines is 1. The van der Waals surface area contributed by atoms with Crippen LogP contribution < -0.4 is 5.32 Å². The molecule has 2 aromatic heterocycles. The Morgan fingerprint density at radius 1 is 0.750 bits per heavy atom. The Balaban J connectivity index is 1.36. The molecule has 0 aliphatic rings. The molecule has 0 aliphatic carbocycles. The lowest BCUT2D eigenvalue weighted by Gasteiger charge is -2.21. The number of benzene rings is 2. The maximum Gasteiger partial charge on any atom is 0.255 e. The Kier molecular flexibility index (Phi) is 11.0. The molecule has 0 atom stereocenters. The Hall–Kier alpha value is -3.81. The first-order valence-corrected chi connectivity index (χ1v) is 14.4. The number of hydrogen-bond acceptors (Lipinski definition) is 5. The van der Waals surface area contributed by atoms with Crippen molar-refractivity contribution < 1.29 is 4.79 Å². The molecule has 0 bridgehead atoms. The monoisotopic (exact) mass is 538 g/mol. The van der Waals surface area contributed by atoms with Gasteiger partial charge < -0.3 is 10.3 Å². The van der Waals surface area contributed by atoms with Crippen LogP contribution in [0.4, 0.5) is 5.69 Å². The third kappa shape index (κ3) is 8.86. The van der Waals surface area contributed by atoms with Crippen LogP contribution in [0.5, 0.6) is 0 Å². The molecule has 1 amide bonds. The number of carbonyl (C=O) groups excluding carboxylic acids is 1. The molecule has 4 aromatic rings. The molecule has 210 valence electrons. The molecule has 0 radical (unpaired) electrons. The van der Waals surface area contributed by atoms with Crippen LogP contribution in [0, 0.1) is 0 Å². The Bertz CT molecular complexity index is 1280. The molecule has 2 N–H and O–H groups in total. The highest BCUT2D eigenvalue weighted by molar-refractivity contribution is 6.04. The number of H-pyrrole nitrogens is 1. The fourth-order valence-electron chi connectivity index (χ4n) is 4.83. The summed E-state index contributed by atoms with van der Waals surface area (Å²) in [6.07, 6.45) is 8.85. The van der Waals surface area contributed by atoms with E-state index >= 15 is 0 Å². The van der Waals surface area contributed by atoms with Gasteiger partial charge in [-0.1, -0.05) is 51.1 Å². The summed E-state index contributed by atoms with van der Waals surface area (Å²) in [5.41, 5.74) is 6.09. The first-order valence-electron chi connectivity index (χ1n) is 14.4. The van der Waals surface area contributed by atoms with E-state index in [-0.39, 0.29) is 5.91 Å². The van der Waals surface area contributed by atoms with Crippen LogP contribution in [-0.4, -0.2) is 43.7 Å². The van der Waals surface area contributed by atoms with E-state index in [1.165, 1.54) is 11.1 Å². The number of aromatic amines is 1. The van der Waals surface area contributed by atoms with Crippen molar-refractivity contribution in [3.63, 3.8) is 0 Å². The van der Waals surface area contributed by atoms with Gasteiger partial charge in [-0.05, 0) is 79.4 Å². The fraction of sp³-hybridized carbons (Fsp3) is 0.364. The molecule has 0 fully saturated rings. The van der Waals surface area contributed by atoms with Gasteiger partial charge in [-0.25, -0.2) is 4.98 Å². The Morgan fingerprint density at radius 3 is 1.98 bits per heavy atom. The summed E-state index contributed by atoms with van der Waals surface area (Å²) in [4.78, 5) is 30.0. The number of rotatable bonds is 15. The summed E-state index contributed by atoms with van der Waals surface area (Å²) >= 11 is 0. The molecular weight excluding hydrogens is 496 g/mol. The molecule has 2 heterocycles. The standard InChI is InChI=1S/C33H42N6O/c1-4-19-38(20-5-2)22-28-10-14-30(15-11-28)37-33(40)29-12-7-27(8-13-29)23-39(25-32-34-17-18-35-32)24-31-16-9-26(6-3)21-36-31/h7-18,21H,4-6,19-20,22-25H2,1-3H3,(H,34,35)(H,37,40). The number of pyridine rings is 1. The SMILES string of the molecule is CCCN(CCC)Cc1ccc(NC(=O)c2ccc(CN(Cc3ccc(CC)cn3)Cc3ncc[nH]3)cc2)cc1. The predicted octanol–water partition coefficient (Wildman–Crippen LogP) is 6.44. The maximum atomic E-state index is 12.9. The number of carbonyl (C=O) groups is 1. The number of aryl methyl sites for hydroxylation is 1. The average Bonchev–Trinajstić information content (AvgIpc) is 3.48. The van der Waals surface area contributed by atoms with Gasteiger partial charge in [0.05, 0.1) is 12.2 Å². The zero-order valence-corrected chi connectivity index (χ0v) is 24.1. The van der Waals surface area contributed by atoms with Gasteiger partial charge in [0.1, 0.15) is 5.82 Å². The van der Waals surface area contributed by atoms with Gasteiger partial charge in [0.25, 0.3) is 5.91 Å². The largest absolute Gasteiger partial charge is 0.348 e. The van der Waals surface area contributed by atoms with E-state index in [2.05, 4.69) is 75.1 Å². The molecule has 0 aliphatic heterocycles. The van der Waals surface area contributed by atoms with E-state index in [4.69, 9.17) is 0 Å². The van der Waals surface area contributed by atoms with Gasteiger partial charge in [-0.15, -0.1) is 0 Å². The molecule has 7 heteroatoms. The fourth-order valence-corrected chi connectivity index (χ4v) is 4.83. The second-order valence-corrected chi connectivity index (χ2v) is 10.3. The predicted molar refractivity (Wildman–Crippen MR) is 162 cm³/mol. The molecule has 2 aromatic carbocycles. The van der Waals surface area contributed by atoms with Crippen LogP contribution in [-0.2, 0) is 32.6 Å². The molecule has 0 saturated heterocycles. The van der Waals surface area contributed by atoms with Crippen LogP contribution in [0.1, 0.15) is 72.2 Å². The van der Waals surface area contributed by atoms with Crippen molar-refractivity contribution in [2.24, 2.45) is 0 Å². The van der Waals surface area contributed by atoms with E-state index in [0.29, 0.717) is 25.2 Å². The molecular formula is C33H42N6O. The summed E-state index contributed by atoms with van der Waals surface area (Å²) in [7, 11) is 0. The number of nitrogens with zero attached hydrogens (tertiary/aromatic N) is 4. The van der Waals surface area contributed by atoms with Gasteiger partial charge >= 0.3 is 0 Å². The number of imidazole rings is 1. The van der Waals surface area contributed by atoms with E-state index in [9.17, 15) is 4.79 Å². The number of aromatic nitrogens is 3. The minimum absolute atomic E-state index is 0.106. The van der Waals surface area contributed by atoms with Crippen LogP contribution >= 0.6 is 0 Å². The number of hydrogen-bond donors (Lipinski definition) is 2. The Morgan fingerprint density at radius 2 is 1.40 bits per heavy atom. The second kappa shape index (κ2) is 15.1. The molecule has 0 unspecified atom stereocenters. The molecule has 7 nitrogen and oxygen atoms in total. The maximum absolute atomic E-state index is 12.9. The number of amides is 1. The van der Waals surface area contributed by atoms with Crippen LogP contribution in [0.15, 0.2) is 79.3 Å². The minimum Gasteiger partial charge on any atom is -0.348 e. The van der Waals surface area contributed by atoms with Crippen molar-refractivity contribution in [2.75, 3.05) is 18.4 Å². The zero-order chi connectivity index (χ0) is 28.2. The highest BCUT2D eigenvalue weighted by atomic mass is 16.1. The highest BCUT2D eigenvalue weighted by Crippen LogP contribution is 2.16. The van der Waals surface area contributed by atoms with Gasteiger partial charge in [0, 0.05) is 49.5 Å². The molecule has 4 rings (SSSR count). The van der Waals surface area contributed by atoms with Gasteiger partial charge in [-0.3, -0.25) is 19.6 Å². The van der Waals surface area contributed by atoms with Crippen LogP contribution in [0.3, 0.4) is 0 Å². The van der Waals surface area contributed by atoms with Gasteiger partial charge in [0.15, 0.2) is 0 Å². The third-order valence-electron chi connectivity index (χ3n) is 6.93. The topological polar surface area (TPSA) is 77.2 Å². The van der Waals surface area contributed by atoms with E-state index < -0.39 is 0 Å². The zero-order valence-electron chi connectivity index (χ0n) is 24.1. The van der Waals surface area contributed by atoms with Crippen molar-refractivity contribution >= 4 is 11.6 Å². The van der Waals surface area contributed by atoms with Gasteiger partial charge in [0.2, 0.25) is 0 Å². The summed E-state index contributed by atoms with van der Waals surface area (Å²) in [5, 5.41) is 3.04. The first-order chi connectivity index (χ1) is 19.6. The van der Waals surface area contributed by atoms with Crippen molar-refractivity contribution in [3.05, 3.63) is 113 Å². The summed E-state index contributed by atoms with van der Waals surface area (Å²) in [5.74, 6) is 0.807. The van der Waals surface area contributed by atoms with Crippen molar-refractivity contribution in [1.82, 2.24) is 24.8 Å². The highest BCUT2D eigenvalue weighted by Gasteiger charge is 2.13. The normalized spacial score (nSPS) is 11.3. The smallest absolute Gasteiger partial charge is 0.255 e. The van der Waals surface area contributed by atoms with Gasteiger partial charge in [-0.2, -0.15) is 0 Å². The minimum atomic E-state index is -0.106. The average molecular weight is 539 g/mol. The van der Waals surface area contributed by atoms with E-state index in [1.54, 1.807) is 6.20 Å². The summed E-state index contributed by atoms with van der Waals surface area (Å²) in [6.45, 7) is 11.8.